The number of phenols is 1. The SMILES string of the molecule is CC(C)(CCBr)CNC(=O)Cc1cccc(O)c1. The third-order valence-corrected chi connectivity index (χ3v) is 3.21. The molecule has 0 atom stereocenters. The molecule has 0 unspecified atom stereocenters. The fourth-order valence-electron chi connectivity index (χ4n) is 1.60. The summed E-state index contributed by atoms with van der Waals surface area (Å²) in [6.07, 6.45) is 1.32. The summed E-state index contributed by atoms with van der Waals surface area (Å²) >= 11 is 3.41. The maximum atomic E-state index is 11.8. The number of phenolic OH excluding ortho intramolecular Hbond substituents is 1. The number of hydrogen-bond donors (Lipinski definition) is 2. The Morgan fingerprint density at radius 1 is 1.44 bits per heavy atom. The number of halogens is 1. The lowest BCUT2D eigenvalue weighted by Gasteiger charge is -2.23. The van der Waals surface area contributed by atoms with Gasteiger partial charge in [-0.3, -0.25) is 4.79 Å². The third-order valence-electron chi connectivity index (χ3n) is 2.81. The molecule has 0 aliphatic carbocycles. The Balaban J connectivity index is 2.43. The number of aromatic hydroxyl groups is 1. The van der Waals surface area contributed by atoms with E-state index in [2.05, 4.69) is 35.1 Å². The first-order chi connectivity index (χ1) is 8.43. The molecule has 3 nitrogen and oxygen atoms in total. The van der Waals surface area contributed by atoms with Gasteiger partial charge in [0.1, 0.15) is 5.75 Å². The summed E-state index contributed by atoms with van der Waals surface area (Å²) in [6.45, 7) is 4.92. The normalized spacial score (nSPS) is 11.3. The van der Waals surface area contributed by atoms with Gasteiger partial charge in [-0.15, -0.1) is 0 Å². The van der Waals surface area contributed by atoms with Crippen LogP contribution in [0.25, 0.3) is 0 Å². The number of benzene rings is 1. The first kappa shape index (κ1) is 15.0. The monoisotopic (exact) mass is 313 g/mol. The first-order valence-corrected chi connectivity index (χ1v) is 7.16. The van der Waals surface area contributed by atoms with Crippen molar-refractivity contribution in [2.45, 2.75) is 26.7 Å². The lowest BCUT2D eigenvalue weighted by Crippen LogP contribution is -2.35. The highest BCUT2D eigenvalue weighted by Gasteiger charge is 2.17. The summed E-state index contributed by atoms with van der Waals surface area (Å²) in [6, 6.07) is 6.79. The van der Waals surface area contributed by atoms with Crippen LogP contribution >= 0.6 is 15.9 Å². The summed E-state index contributed by atoms with van der Waals surface area (Å²) in [5.41, 5.74) is 0.920. The molecule has 4 heteroatoms. The van der Waals surface area contributed by atoms with Crippen LogP contribution in [0.5, 0.6) is 5.75 Å². The Hall–Kier alpha value is -1.03. The maximum absolute atomic E-state index is 11.8. The lowest BCUT2D eigenvalue weighted by molar-refractivity contribution is -0.120. The molecular formula is C14H20BrNO2. The second kappa shape index (κ2) is 6.78. The van der Waals surface area contributed by atoms with Gasteiger partial charge < -0.3 is 10.4 Å². The van der Waals surface area contributed by atoms with Gasteiger partial charge in [-0.25, -0.2) is 0 Å². The van der Waals surface area contributed by atoms with Crippen molar-refractivity contribution in [3.8, 4) is 5.75 Å². The lowest BCUT2D eigenvalue weighted by atomic mass is 9.90. The first-order valence-electron chi connectivity index (χ1n) is 6.03. The molecule has 0 saturated carbocycles. The van der Waals surface area contributed by atoms with E-state index in [1.165, 1.54) is 0 Å². The van der Waals surface area contributed by atoms with Gasteiger partial charge >= 0.3 is 0 Å². The van der Waals surface area contributed by atoms with E-state index < -0.39 is 0 Å². The Morgan fingerprint density at radius 3 is 2.78 bits per heavy atom. The van der Waals surface area contributed by atoms with Gasteiger partial charge in [0.25, 0.3) is 0 Å². The Labute approximate surface area is 117 Å². The Bertz CT molecular complexity index is 405. The van der Waals surface area contributed by atoms with Crippen LogP contribution in [-0.4, -0.2) is 22.9 Å². The van der Waals surface area contributed by atoms with E-state index in [9.17, 15) is 9.90 Å². The number of rotatable bonds is 6. The molecule has 0 heterocycles. The second-order valence-corrected chi connectivity index (χ2v) is 6.02. The van der Waals surface area contributed by atoms with E-state index in [4.69, 9.17) is 0 Å². The van der Waals surface area contributed by atoms with Crippen LogP contribution in [0, 0.1) is 5.41 Å². The highest BCUT2D eigenvalue weighted by atomic mass is 79.9. The van der Waals surface area contributed by atoms with E-state index in [0.29, 0.717) is 13.0 Å². The Morgan fingerprint density at radius 2 is 2.17 bits per heavy atom. The van der Waals surface area contributed by atoms with Gasteiger partial charge in [0.05, 0.1) is 6.42 Å². The fraction of sp³-hybridized carbons (Fsp3) is 0.500. The van der Waals surface area contributed by atoms with Crippen molar-refractivity contribution in [2.75, 3.05) is 11.9 Å². The van der Waals surface area contributed by atoms with E-state index in [1.54, 1.807) is 18.2 Å². The van der Waals surface area contributed by atoms with Crippen LogP contribution in [0.3, 0.4) is 0 Å². The average Bonchev–Trinajstić information content (AvgIpc) is 2.26. The smallest absolute Gasteiger partial charge is 0.224 e. The molecule has 0 aliphatic rings. The molecule has 0 spiro atoms. The average molecular weight is 314 g/mol. The molecule has 1 amide bonds. The molecule has 0 aromatic heterocycles. The summed E-state index contributed by atoms with van der Waals surface area (Å²) in [5.74, 6) is 0.183. The van der Waals surface area contributed by atoms with Crippen LogP contribution in [-0.2, 0) is 11.2 Å². The van der Waals surface area contributed by atoms with Gasteiger partial charge in [-0.2, -0.15) is 0 Å². The topological polar surface area (TPSA) is 49.3 Å². The summed E-state index contributed by atoms with van der Waals surface area (Å²) < 4.78 is 0. The minimum Gasteiger partial charge on any atom is -0.508 e. The van der Waals surface area contributed by atoms with Crippen LogP contribution in [0.2, 0.25) is 0 Å². The van der Waals surface area contributed by atoms with Crippen molar-refractivity contribution >= 4 is 21.8 Å². The van der Waals surface area contributed by atoms with E-state index in [-0.39, 0.29) is 17.1 Å². The van der Waals surface area contributed by atoms with Crippen molar-refractivity contribution in [2.24, 2.45) is 5.41 Å². The van der Waals surface area contributed by atoms with Crippen molar-refractivity contribution in [1.29, 1.82) is 0 Å². The van der Waals surface area contributed by atoms with Crippen LogP contribution < -0.4 is 5.32 Å². The van der Waals surface area contributed by atoms with Crippen molar-refractivity contribution in [3.63, 3.8) is 0 Å². The number of amides is 1. The molecule has 1 aromatic carbocycles. The zero-order chi connectivity index (χ0) is 13.6. The predicted molar refractivity (Wildman–Crippen MR) is 77.0 cm³/mol. The number of hydrogen-bond acceptors (Lipinski definition) is 2. The fourth-order valence-corrected chi connectivity index (χ4v) is 2.67. The molecular weight excluding hydrogens is 294 g/mol. The number of carbonyl (C=O) groups is 1. The molecule has 0 fully saturated rings. The third kappa shape index (κ3) is 5.54. The van der Waals surface area contributed by atoms with Crippen LogP contribution in [0.15, 0.2) is 24.3 Å². The summed E-state index contributed by atoms with van der Waals surface area (Å²) in [7, 11) is 0. The second-order valence-electron chi connectivity index (χ2n) is 5.23. The quantitative estimate of drug-likeness (QED) is 0.793. The van der Waals surface area contributed by atoms with Gasteiger partial charge in [-0.1, -0.05) is 41.9 Å². The molecule has 1 rings (SSSR count). The summed E-state index contributed by atoms with van der Waals surface area (Å²) in [4.78, 5) is 11.8. The molecule has 1 aromatic rings. The van der Waals surface area contributed by atoms with Crippen molar-refractivity contribution in [3.05, 3.63) is 29.8 Å². The van der Waals surface area contributed by atoms with E-state index in [0.717, 1.165) is 17.3 Å². The van der Waals surface area contributed by atoms with Gasteiger partial charge in [0.15, 0.2) is 0 Å². The van der Waals surface area contributed by atoms with E-state index >= 15 is 0 Å². The minimum atomic E-state index is -0.0109. The molecule has 0 saturated heterocycles. The standard InChI is InChI=1S/C14H20BrNO2/c1-14(2,6-7-15)10-16-13(18)9-11-4-3-5-12(17)8-11/h3-5,8,17H,6-7,9-10H2,1-2H3,(H,16,18). The van der Waals surface area contributed by atoms with Crippen LogP contribution in [0.1, 0.15) is 25.8 Å². The molecule has 0 aliphatic heterocycles. The largest absolute Gasteiger partial charge is 0.508 e. The number of nitrogens with one attached hydrogen (secondary N) is 1. The minimum absolute atomic E-state index is 0.0109. The molecule has 0 bridgehead atoms. The predicted octanol–water partition coefficient (Wildman–Crippen LogP) is 2.86. The Kier molecular flexibility index (Phi) is 5.66. The molecule has 0 radical (unpaired) electrons. The highest BCUT2D eigenvalue weighted by Crippen LogP contribution is 2.20. The molecule has 18 heavy (non-hydrogen) atoms. The summed E-state index contributed by atoms with van der Waals surface area (Å²) in [5, 5.41) is 13.2. The van der Waals surface area contributed by atoms with Crippen molar-refractivity contribution in [1.82, 2.24) is 5.32 Å². The highest BCUT2D eigenvalue weighted by molar-refractivity contribution is 9.09. The van der Waals surface area contributed by atoms with Crippen LogP contribution in [0.4, 0.5) is 0 Å². The van der Waals surface area contributed by atoms with Gasteiger partial charge in [0.2, 0.25) is 5.91 Å². The zero-order valence-corrected chi connectivity index (χ0v) is 12.5. The van der Waals surface area contributed by atoms with E-state index in [1.807, 2.05) is 6.07 Å². The zero-order valence-electron chi connectivity index (χ0n) is 10.9. The van der Waals surface area contributed by atoms with Gasteiger partial charge in [-0.05, 0) is 29.5 Å². The number of carbonyl (C=O) groups excluding carboxylic acids is 1. The van der Waals surface area contributed by atoms with Crippen molar-refractivity contribution < 1.29 is 9.90 Å². The van der Waals surface area contributed by atoms with Gasteiger partial charge in [0, 0.05) is 11.9 Å². The maximum Gasteiger partial charge on any atom is 0.224 e. The number of alkyl halides is 1. The molecule has 2 N–H and O–H groups in total. The molecule has 100 valence electrons.